The number of benzene rings is 1. The van der Waals surface area contributed by atoms with E-state index in [2.05, 4.69) is 30.0 Å². The van der Waals surface area contributed by atoms with Crippen LogP contribution in [0.15, 0.2) is 18.2 Å². The number of hydrogen-bond donors (Lipinski definition) is 4. The van der Waals surface area contributed by atoms with E-state index in [0.29, 0.717) is 17.7 Å². The molecule has 21 heavy (non-hydrogen) atoms. The largest absolute Gasteiger partial charge is 0.508 e. The molecule has 5 nitrogen and oxygen atoms in total. The highest BCUT2D eigenvalue weighted by atomic mass is 16.3. The van der Waals surface area contributed by atoms with Crippen molar-refractivity contribution < 1.29 is 9.90 Å². The number of carbonyl (C=O) groups excluding carboxylic acids is 1. The summed E-state index contributed by atoms with van der Waals surface area (Å²) in [5.74, 6) is 0.871. The Labute approximate surface area is 125 Å². The Hall–Kier alpha value is -1.59. The van der Waals surface area contributed by atoms with E-state index in [-0.39, 0.29) is 18.0 Å². The van der Waals surface area contributed by atoms with Crippen molar-refractivity contribution in [3.8, 4) is 5.75 Å². The third-order valence-corrected chi connectivity index (χ3v) is 4.62. The number of phenols is 1. The smallest absolute Gasteiger partial charge is 0.239 e. The molecule has 5 heteroatoms. The SMILES string of the molecule is CC(C)C1CC(C(=O)NC2CCc3c(O)cccc32)NN1. The molecule has 1 fully saturated rings. The van der Waals surface area contributed by atoms with Crippen molar-refractivity contribution in [3.05, 3.63) is 29.3 Å². The minimum atomic E-state index is -0.182. The number of hydrazine groups is 1. The maximum atomic E-state index is 12.4. The summed E-state index contributed by atoms with van der Waals surface area (Å²) in [7, 11) is 0. The fourth-order valence-corrected chi connectivity index (χ4v) is 3.25. The third-order valence-electron chi connectivity index (χ3n) is 4.62. The second-order valence-corrected chi connectivity index (χ2v) is 6.37. The van der Waals surface area contributed by atoms with Gasteiger partial charge in [0.15, 0.2) is 0 Å². The van der Waals surface area contributed by atoms with Crippen molar-refractivity contribution in [3.63, 3.8) is 0 Å². The molecule has 0 spiro atoms. The van der Waals surface area contributed by atoms with E-state index in [1.165, 1.54) is 0 Å². The van der Waals surface area contributed by atoms with Gasteiger partial charge in [0.25, 0.3) is 0 Å². The average Bonchev–Trinajstić information content (AvgIpc) is 3.07. The van der Waals surface area contributed by atoms with Gasteiger partial charge in [0, 0.05) is 6.04 Å². The normalized spacial score (nSPS) is 27.9. The van der Waals surface area contributed by atoms with Crippen LogP contribution in [0.25, 0.3) is 0 Å². The van der Waals surface area contributed by atoms with Gasteiger partial charge in [-0.25, -0.2) is 5.43 Å². The lowest BCUT2D eigenvalue weighted by molar-refractivity contribution is -0.123. The Kier molecular flexibility index (Phi) is 3.87. The van der Waals surface area contributed by atoms with Gasteiger partial charge in [0.2, 0.25) is 5.91 Å². The summed E-state index contributed by atoms with van der Waals surface area (Å²) in [6.07, 6.45) is 2.48. The molecular formula is C16H23N3O2. The van der Waals surface area contributed by atoms with Crippen molar-refractivity contribution in [2.75, 3.05) is 0 Å². The van der Waals surface area contributed by atoms with Crippen molar-refractivity contribution in [2.45, 2.75) is 51.2 Å². The zero-order chi connectivity index (χ0) is 15.0. The molecule has 1 aromatic rings. The summed E-state index contributed by atoms with van der Waals surface area (Å²) in [5, 5.41) is 13.0. The van der Waals surface area contributed by atoms with Crippen LogP contribution in [0.2, 0.25) is 0 Å². The highest BCUT2D eigenvalue weighted by Crippen LogP contribution is 2.36. The first-order chi connectivity index (χ1) is 10.1. The van der Waals surface area contributed by atoms with Gasteiger partial charge in [0.1, 0.15) is 11.8 Å². The predicted molar refractivity (Wildman–Crippen MR) is 80.6 cm³/mol. The molecule has 4 N–H and O–H groups in total. The minimum Gasteiger partial charge on any atom is -0.508 e. The van der Waals surface area contributed by atoms with Crippen molar-refractivity contribution >= 4 is 5.91 Å². The summed E-state index contributed by atoms with van der Waals surface area (Å²) < 4.78 is 0. The number of amides is 1. The van der Waals surface area contributed by atoms with E-state index < -0.39 is 0 Å². The first-order valence-electron chi connectivity index (χ1n) is 7.68. The van der Waals surface area contributed by atoms with Crippen LogP contribution in [0.5, 0.6) is 5.75 Å². The Bertz CT molecular complexity index is 544. The summed E-state index contributed by atoms with van der Waals surface area (Å²) in [5.41, 5.74) is 8.30. The molecule has 0 aromatic heterocycles. The zero-order valence-corrected chi connectivity index (χ0v) is 12.5. The van der Waals surface area contributed by atoms with E-state index in [4.69, 9.17) is 0 Å². The van der Waals surface area contributed by atoms with Crippen LogP contribution in [0.4, 0.5) is 0 Å². The van der Waals surface area contributed by atoms with E-state index in [1.54, 1.807) is 6.07 Å². The monoisotopic (exact) mass is 289 g/mol. The van der Waals surface area contributed by atoms with Gasteiger partial charge in [-0.15, -0.1) is 0 Å². The summed E-state index contributed by atoms with van der Waals surface area (Å²) in [6.45, 7) is 4.30. The number of carbonyl (C=O) groups is 1. The molecule has 2 aliphatic rings. The van der Waals surface area contributed by atoms with Gasteiger partial charge in [-0.05, 0) is 42.4 Å². The van der Waals surface area contributed by atoms with Crippen LogP contribution in [-0.2, 0) is 11.2 Å². The molecular weight excluding hydrogens is 266 g/mol. The second-order valence-electron chi connectivity index (χ2n) is 6.37. The Balaban J connectivity index is 1.64. The first-order valence-corrected chi connectivity index (χ1v) is 7.68. The topological polar surface area (TPSA) is 73.4 Å². The Morgan fingerprint density at radius 1 is 1.38 bits per heavy atom. The molecule has 3 unspecified atom stereocenters. The van der Waals surface area contributed by atoms with Gasteiger partial charge < -0.3 is 10.4 Å². The van der Waals surface area contributed by atoms with E-state index in [1.807, 2.05) is 12.1 Å². The lowest BCUT2D eigenvalue weighted by atomic mass is 9.99. The molecule has 1 amide bonds. The molecule has 0 saturated carbocycles. The molecule has 1 aliphatic heterocycles. The lowest BCUT2D eigenvalue weighted by Crippen LogP contribution is -2.44. The van der Waals surface area contributed by atoms with Crippen LogP contribution >= 0.6 is 0 Å². The van der Waals surface area contributed by atoms with E-state index in [9.17, 15) is 9.90 Å². The van der Waals surface area contributed by atoms with Crippen LogP contribution in [0.3, 0.4) is 0 Å². The van der Waals surface area contributed by atoms with Crippen molar-refractivity contribution in [2.24, 2.45) is 5.92 Å². The predicted octanol–water partition coefficient (Wildman–Crippen LogP) is 1.39. The second kappa shape index (κ2) is 5.66. The quantitative estimate of drug-likeness (QED) is 0.678. The molecule has 0 radical (unpaired) electrons. The van der Waals surface area contributed by atoms with Crippen LogP contribution in [0.1, 0.15) is 43.9 Å². The average molecular weight is 289 g/mol. The van der Waals surface area contributed by atoms with Crippen LogP contribution < -0.4 is 16.2 Å². The maximum absolute atomic E-state index is 12.4. The van der Waals surface area contributed by atoms with Crippen molar-refractivity contribution in [1.29, 1.82) is 0 Å². The molecule has 1 heterocycles. The van der Waals surface area contributed by atoms with Gasteiger partial charge in [-0.2, -0.15) is 0 Å². The number of aromatic hydroxyl groups is 1. The van der Waals surface area contributed by atoms with E-state index >= 15 is 0 Å². The molecule has 1 aromatic carbocycles. The number of hydrogen-bond acceptors (Lipinski definition) is 4. The molecule has 3 atom stereocenters. The van der Waals surface area contributed by atoms with Gasteiger partial charge in [-0.1, -0.05) is 26.0 Å². The van der Waals surface area contributed by atoms with Crippen molar-refractivity contribution in [1.82, 2.24) is 16.2 Å². The Morgan fingerprint density at radius 3 is 2.90 bits per heavy atom. The maximum Gasteiger partial charge on any atom is 0.239 e. The highest BCUT2D eigenvalue weighted by Gasteiger charge is 2.33. The van der Waals surface area contributed by atoms with Gasteiger partial charge in [-0.3, -0.25) is 10.2 Å². The molecule has 3 rings (SSSR count). The van der Waals surface area contributed by atoms with E-state index in [0.717, 1.165) is 30.4 Å². The highest BCUT2D eigenvalue weighted by molar-refractivity contribution is 5.82. The number of phenolic OH excluding ortho intramolecular Hbond substituents is 1. The molecule has 0 bridgehead atoms. The molecule has 1 saturated heterocycles. The fourth-order valence-electron chi connectivity index (χ4n) is 3.25. The summed E-state index contributed by atoms with van der Waals surface area (Å²) in [6, 6.07) is 5.70. The zero-order valence-electron chi connectivity index (χ0n) is 12.5. The standard InChI is InChI=1S/C16H23N3O2/c1-9(2)13-8-14(19-18-13)16(21)17-12-7-6-11-10(12)4-3-5-15(11)20/h3-5,9,12-14,18-20H,6-8H2,1-2H3,(H,17,21). The number of nitrogens with one attached hydrogen (secondary N) is 3. The summed E-state index contributed by atoms with van der Waals surface area (Å²) in [4.78, 5) is 12.4. The van der Waals surface area contributed by atoms with Crippen LogP contribution in [-0.4, -0.2) is 23.1 Å². The molecule has 114 valence electrons. The molecule has 1 aliphatic carbocycles. The van der Waals surface area contributed by atoms with Gasteiger partial charge in [0.05, 0.1) is 6.04 Å². The van der Waals surface area contributed by atoms with Crippen LogP contribution in [0, 0.1) is 5.92 Å². The van der Waals surface area contributed by atoms with Gasteiger partial charge >= 0.3 is 0 Å². The third kappa shape index (κ3) is 2.76. The summed E-state index contributed by atoms with van der Waals surface area (Å²) >= 11 is 0. The first kappa shape index (κ1) is 14.4. The number of fused-ring (bicyclic) bond motifs is 1. The Morgan fingerprint density at radius 2 is 2.19 bits per heavy atom. The number of rotatable bonds is 3. The fraction of sp³-hybridized carbons (Fsp3) is 0.562. The minimum absolute atomic E-state index is 0.0134. The lowest BCUT2D eigenvalue weighted by Gasteiger charge is -2.17.